The van der Waals surface area contributed by atoms with E-state index in [0.717, 1.165) is 13.0 Å². The third kappa shape index (κ3) is 2.36. The van der Waals surface area contributed by atoms with Gasteiger partial charge in [-0.2, -0.15) is 0 Å². The molecule has 1 aliphatic rings. The molecule has 2 unspecified atom stereocenters. The molecule has 1 heterocycles. The quantitative estimate of drug-likeness (QED) is 0.758. The molecule has 2 N–H and O–H groups in total. The van der Waals surface area contributed by atoms with Crippen LogP contribution in [-0.4, -0.2) is 18.2 Å². The molecule has 1 saturated heterocycles. The van der Waals surface area contributed by atoms with E-state index in [2.05, 4.69) is 0 Å². The van der Waals surface area contributed by atoms with E-state index in [1.54, 1.807) is 6.08 Å². The Bertz CT molecular complexity index is 191. The van der Waals surface area contributed by atoms with E-state index >= 15 is 0 Å². The highest BCUT2D eigenvalue weighted by molar-refractivity contribution is 6.55. The Morgan fingerprint density at radius 1 is 1.75 bits per heavy atom. The lowest BCUT2D eigenvalue weighted by Crippen LogP contribution is -2.45. The summed E-state index contributed by atoms with van der Waals surface area (Å²) in [7, 11) is 0. The van der Waals surface area contributed by atoms with Gasteiger partial charge in [0, 0.05) is 12.1 Å². The maximum Gasteiger partial charge on any atom is 0.102 e. The van der Waals surface area contributed by atoms with Crippen molar-refractivity contribution >= 4 is 23.2 Å². The second-order valence-corrected chi connectivity index (χ2v) is 4.20. The number of hydrogen-bond donors (Lipinski definition) is 1. The molecule has 0 radical (unpaired) electrons. The zero-order valence-corrected chi connectivity index (χ0v) is 8.53. The van der Waals surface area contributed by atoms with E-state index in [-0.39, 0.29) is 16.1 Å². The summed E-state index contributed by atoms with van der Waals surface area (Å²) >= 11 is 11.0. The van der Waals surface area contributed by atoms with Crippen LogP contribution >= 0.6 is 23.2 Å². The number of hydrogen-bond acceptors (Lipinski definition) is 2. The predicted molar refractivity (Wildman–Crippen MR) is 51.4 cm³/mol. The number of halogens is 2. The average Bonchev–Trinajstić information content (AvgIpc) is 2.30. The van der Waals surface area contributed by atoms with Gasteiger partial charge in [-0.15, -0.1) is 0 Å². The van der Waals surface area contributed by atoms with Crippen LogP contribution in [0.25, 0.3) is 0 Å². The fourth-order valence-electron chi connectivity index (χ4n) is 1.33. The molecule has 70 valence electrons. The molecule has 1 fully saturated rings. The molecule has 0 amide bonds. The van der Waals surface area contributed by atoms with Gasteiger partial charge in [0.2, 0.25) is 0 Å². The Kier molecular flexibility index (Phi) is 3.41. The summed E-state index contributed by atoms with van der Waals surface area (Å²) in [6.07, 6.45) is 3.36. The molecule has 0 aromatic carbocycles. The topological polar surface area (TPSA) is 35.2 Å². The zero-order valence-electron chi connectivity index (χ0n) is 7.02. The van der Waals surface area contributed by atoms with Crippen molar-refractivity contribution in [3.05, 3.63) is 10.6 Å². The summed E-state index contributed by atoms with van der Waals surface area (Å²) in [5.41, 5.74) is 5.78. The first-order valence-corrected chi connectivity index (χ1v) is 4.72. The van der Waals surface area contributed by atoms with Crippen LogP contribution in [0, 0.1) is 0 Å². The SMILES string of the molecule is CC1OCCC1(N)CC=C(Cl)Cl. The summed E-state index contributed by atoms with van der Waals surface area (Å²) in [5, 5.41) is 0. The maximum absolute atomic E-state index is 6.06. The minimum absolute atomic E-state index is 0.0847. The summed E-state index contributed by atoms with van der Waals surface area (Å²) in [6, 6.07) is 0. The third-order valence-electron chi connectivity index (χ3n) is 2.38. The van der Waals surface area contributed by atoms with Crippen LogP contribution in [0.3, 0.4) is 0 Å². The molecule has 0 aliphatic carbocycles. The van der Waals surface area contributed by atoms with Gasteiger partial charge in [0.25, 0.3) is 0 Å². The first-order valence-electron chi connectivity index (χ1n) is 3.96. The maximum atomic E-state index is 6.06. The van der Waals surface area contributed by atoms with Crippen LogP contribution in [-0.2, 0) is 4.74 Å². The molecular weight excluding hydrogens is 197 g/mol. The number of nitrogens with two attached hydrogens (primary N) is 1. The van der Waals surface area contributed by atoms with Crippen LogP contribution in [0.2, 0.25) is 0 Å². The Morgan fingerprint density at radius 3 is 2.83 bits per heavy atom. The van der Waals surface area contributed by atoms with Crippen LogP contribution in [0.4, 0.5) is 0 Å². The monoisotopic (exact) mass is 209 g/mol. The van der Waals surface area contributed by atoms with Gasteiger partial charge in [0.1, 0.15) is 4.49 Å². The number of ether oxygens (including phenoxy) is 1. The van der Waals surface area contributed by atoms with Gasteiger partial charge < -0.3 is 10.5 Å². The van der Waals surface area contributed by atoms with Crippen molar-refractivity contribution in [1.29, 1.82) is 0 Å². The van der Waals surface area contributed by atoms with E-state index in [0.29, 0.717) is 6.42 Å². The Hall–Kier alpha value is 0.240. The van der Waals surface area contributed by atoms with Gasteiger partial charge in [-0.3, -0.25) is 0 Å². The summed E-state index contributed by atoms with van der Waals surface area (Å²) in [6.45, 7) is 2.70. The van der Waals surface area contributed by atoms with Gasteiger partial charge >= 0.3 is 0 Å². The second-order valence-electron chi connectivity index (χ2n) is 3.19. The molecule has 4 heteroatoms. The summed E-state index contributed by atoms with van der Waals surface area (Å²) in [4.78, 5) is 0. The highest BCUT2D eigenvalue weighted by Gasteiger charge is 2.36. The van der Waals surface area contributed by atoms with Gasteiger partial charge in [0.05, 0.1) is 6.10 Å². The van der Waals surface area contributed by atoms with Crippen molar-refractivity contribution in [2.75, 3.05) is 6.61 Å². The van der Waals surface area contributed by atoms with Crippen molar-refractivity contribution in [3.8, 4) is 0 Å². The fourth-order valence-corrected chi connectivity index (χ4v) is 1.48. The molecule has 2 atom stereocenters. The van der Waals surface area contributed by atoms with Crippen molar-refractivity contribution in [2.24, 2.45) is 5.73 Å². The number of rotatable bonds is 2. The smallest absolute Gasteiger partial charge is 0.102 e. The van der Waals surface area contributed by atoms with E-state index < -0.39 is 0 Å². The highest BCUT2D eigenvalue weighted by Crippen LogP contribution is 2.27. The van der Waals surface area contributed by atoms with E-state index in [1.165, 1.54) is 0 Å². The lowest BCUT2D eigenvalue weighted by Gasteiger charge is -2.25. The third-order valence-corrected chi connectivity index (χ3v) is 2.69. The minimum atomic E-state index is -0.283. The Morgan fingerprint density at radius 2 is 2.42 bits per heavy atom. The van der Waals surface area contributed by atoms with E-state index in [1.807, 2.05) is 6.92 Å². The first kappa shape index (κ1) is 10.3. The van der Waals surface area contributed by atoms with Gasteiger partial charge in [-0.25, -0.2) is 0 Å². The van der Waals surface area contributed by atoms with Crippen molar-refractivity contribution in [1.82, 2.24) is 0 Å². The average molecular weight is 210 g/mol. The first-order chi connectivity index (χ1) is 5.54. The molecule has 0 aromatic rings. The molecular formula is C8H13Cl2NO. The molecule has 0 aromatic heterocycles. The van der Waals surface area contributed by atoms with Crippen LogP contribution in [0.15, 0.2) is 10.6 Å². The molecule has 1 aliphatic heterocycles. The van der Waals surface area contributed by atoms with Crippen molar-refractivity contribution in [2.45, 2.75) is 31.4 Å². The Labute approximate surface area is 82.7 Å². The van der Waals surface area contributed by atoms with Gasteiger partial charge in [-0.1, -0.05) is 29.3 Å². The lowest BCUT2D eigenvalue weighted by molar-refractivity contribution is 0.0962. The zero-order chi connectivity index (χ0) is 9.19. The summed E-state index contributed by atoms with van der Waals surface area (Å²) in [5.74, 6) is 0. The molecule has 0 saturated carbocycles. The van der Waals surface area contributed by atoms with Crippen molar-refractivity contribution in [3.63, 3.8) is 0 Å². The Balaban J connectivity index is 2.54. The van der Waals surface area contributed by atoms with E-state index in [4.69, 9.17) is 33.7 Å². The minimum Gasteiger partial charge on any atom is -0.377 e. The molecule has 0 bridgehead atoms. The van der Waals surface area contributed by atoms with Gasteiger partial charge in [-0.05, 0) is 19.8 Å². The molecule has 2 nitrogen and oxygen atoms in total. The normalized spacial score (nSPS) is 35.2. The van der Waals surface area contributed by atoms with Crippen LogP contribution < -0.4 is 5.73 Å². The summed E-state index contributed by atoms with van der Waals surface area (Å²) < 4.78 is 5.64. The molecule has 0 spiro atoms. The molecule has 1 rings (SSSR count). The largest absolute Gasteiger partial charge is 0.377 e. The van der Waals surface area contributed by atoms with E-state index in [9.17, 15) is 0 Å². The standard InChI is InChI=1S/C8H13Cl2NO/c1-6-8(11,4-5-12-6)3-2-7(9)10/h2,6H,3-5,11H2,1H3. The lowest BCUT2D eigenvalue weighted by atomic mass is 9.90. The van der Waals surface area contributed by atoms with Crippen molar-refractivity contribution < 1.29 is 4.74 Å². The van der Waals surface area contributed by atoms with Gasteiger partial charge in [0.15, 0.2) is 0 Å². The van der Waals surface area contributed by atoms with Crippen LogP contribution in [0.1, 0.15) is 19.8 Å². The van der Waals surface area contributed by atoms with Crippen LogP contribution in [0.5, 0.6) is 0 Å². The highest BCUT2D eigenvalue weighted by atomic mass is 35.5. The molecule has 12 heavy (non-hydrogen) atoms. The second kappa shape index (κ2) is 3.97. The fraction of sp³-hybridized carbons (Fsp3) is 0.750. The predicted octanol–water partition coefficient (Wildman–Crippen LogP) is 2.20.